The molecule has 0 aromatic carbocycles. The van der Waals surface area contributed by atoms with Gasteiger partial charge in [0.15, 0.2) is 0 Å². The standard InChI is InChI=1S/C17H24N2O3/c1-5-13-16(10-20)8-12-11(6-7-14(21)18-12)17(13,19(3)4)9-15(16,2)22/h5-7,13,20,22H,1,8-10H2,2-4H3,(H,18,21)/t13-,15-,16-,17+/m1/s1. The van der Waals surface area contributed by atoms with Gasteiger partial charge in [0.05, 0.1) is 17.7 Å². The summed E-state index contributed by atoms with van der Waals surface area (Å²) in [5.74, 6) is -0.103. The summed E-state index contributed by atoms with van der Waals surface area (Å²) in [5, 5.41) is 21.3. The summed E-state index contributed by atoms with van der Waals surface area (Å²) < 4.78 is 0. The minimum atomic E-state index is -1.05. The van der Waals surface area contributed by atoms with E-state index in [9.17, 15) is 15.0 Å². The van der Waals surface area contributed by atoms with Gasteiger partial charge in [0.2, 0.25) is 5.56 Å². The Balaban J connectivity index is 2.39. The lowest BCUT2D eigenvalue weighted by molar-refractivity contribution is -0.0883. The zero-order chi connectivity index (χ0) is 16.3. The Morgan fingerprint density at radius 3 is 2.73 bits per heavy atom. The van der Waals surface area contributed by atoms with Crippen LogP contribution >= 0.6 is 0 Å². The third kappa shape index (κ3) is 1.56. The summed E-state index contributed by atoms with van der Waals surface area (Å²) in [6.45, 7) is 5.62. The van der Waals surface area contributed by atoms with Crippen molar-refractivity contribution in [1.82, 2.24) is 9.88 Å². The highest BCUT2D eigenvalue weighted by atomic mass is 16.3. The first-order valence-electron chi connectivity index (χ1n) is 7.61. The monoisotopic (exact) mass is 304 g/mol. The average Bonchev–Trinajstić information content (AvgIpc) is 2.59. The number of rotatable bonds is 3. The van der Waals surface area contributed by atoms with Crippen molar-refractivity contribution >= 4 is 0 Å². The molecule has 2 bridgehead atoms. The Hall–Kier alpha value is -1.43. The van der Waals surface area contributed by atoms with Crippen LogP contribution in [0.25, 0.3) is 0 Å². The quantitative estimate of drug-likeness (QED) is 0.716. The van der Waals surface area contributed by atoms with Crippen molar-refractivity contribution in [3.63, 3.8) is 0 Å². The van der Waals surface area contributed by atoms with Crippen LogP contribution in [0.1, 0.15) is 24.6 Å². The van der Waals surface area contributed by atoms with E-state index in [2.05, 4.69) is 16.5 Å². The number of H-pyrrole nitrogens is 1. The highest BCUT2D eigenvalue weighted by Gasteiger charge is 2.70. The van der Waals surface area contributed by atoms with Gasteiger partial charge in [0, 0.05) is 23.1 Å². The Morgan fingerprint density at radius 2 is 2.18 bits per heavy atom. The second kappa shape index (κ2) is 4.54. The molecule has 3 rings (SSSR count). The van der Waals surface area contributed by atoms with Crippen LogP contribution in [0.3, 0.4) is 0 Å². The van der Waals surface area contributed by atoms with Crippen LogP contribution in [0, 0.1) is 11.3 Å². The molecular formula is C17H24N2O3. The van der Waals surface area contributed by atoms with Crippen LogP contribution in [0.15, 0.2) is 29.6 Å². The molecule has 0 radical (unpaired) electrons. The molecule has 0 aliphatic heterocycles. The van der Waals surface area contributed by atoms with Gasteiger partial charge < -0.3 is 15.2 Å². The molecule has 2 aliphatic rings. The summed E-state index contributed by atoms with van der Waals surface area (Å²) >= 11 is 0. The molecule has 120 valence electrons. The van der Waals surface area contributed by atoms with Gasteiger partial charge in [-0.1, -0.05) is 6.08 Å². The summed E-state index contributed by atoms with van der Waals surface area (Å²) in [5.41, 5.74) is -0.602. The lowest BCUT2D eigenvalue weighted by Gasteiger charge is -2.50. The lowest BCUT2D eigenvalue weighted by Crippen LogP contribution is -2.55. The summed E-state index contributed by atoms with van der Waals surface area (Å²) in [6, 6.07) is 3.39. The number of fused-ring (bicyclic) bond motifs is 4. The van der Waals surface area contributed by atoms with Gasteiger partial charge >= 0.3 is 0 Å². The van der Waals surface area contributed by atoms with E-state index in [0.29, 0.717) is 12.8 Å². The molecule has 0 spiro atoms. The number of aliphatic hydroxyl groups excluding tert-OH is 1. The van der Waals surface area contributed by atoms with E-state index in [0.717, 1.165) is 11.3 Å². The van der Waals surface area contributed by atoms with Crippen LogP contribution in [0.5, 0.6) is 0 Å². The molecule has 1 aromatic rings. The first-order valence-corrected chi connectivity index (χ1v) is 7.61. The lowest BCUT2D eigenvalue weighted by atomic mass is 9.60. The maximum absolute atomic E-state index is 11.7. The van der Waals surface area contributed by atoms with Gasteiger partial charge in [-0.2, -0.15) is 0 Å². The molecule has 5 nitrogen and oxygen atoms in total. The second-order valence-electron chi connectivity index (χ2n) is 7.19. The van der Waals surface area contributed by atoms with Crippen molar-refractivity contribution in [2.24, 2.45) is 11.3 Å². The fourth-order valence-corrected chi connectivity index (χ4v) is 4.97. The van der Waals surface area contributed by atoms with Crippen LogP contribution in [-0.2, 0) is 12.0 Å². The number of hydrogen-bond acceptors (Lipinski definition) is 4. The van der Waals surface area contributed by atoms with Gasteiger partial charge in [-0.05, 0) is 45.5 Å². The molecule has 1 saturated carbocycles. The van der Waals surface area contributed by atoms with Crippen LogP contribution in [0.4, 0.5) is 0 Å². The smallest absolute Gasteiger partial charge is 0.248 e. The Kier molecular flexibility index (Phi) is 3.19. The normalized spacial score (nSPS) is 39.8. The predicted molar refractivity (Wildman–Crippen MR) is 84.6 cm³/mol. The Bertz CT molecular complexity index is 679. The van der Waals surface area contributed by atoms with Gasteiger partial charge in [-0.25, -0.2) is 0 Å². The van der Waals surface area contributed by atoms with Crippen LogP contribution in [-0.4, -0.2) is 46.4 Å². The van der Waals surface area contributed by atoms with Gasteiger partial charge in [-0.15, -0.1) is 6.58 Å². The number of hydrogen-bond donors (Lipinski definition) is 3. The Labute approximate surface area is 130 Å². The molecule has 1 fully saturated rings. The highest BCUT2D eigenvalue weighted by Crippen LogP contribution is 2.65. The molecule has 3 N–H and O–H groups in total. The number of nitrogens with one attached hydrogen (secondary N) is 1. The third-order valence-corrected chi connectivity index (χ3v) is 6.07. The molecule has 0 amide bonds. The van der Waals surface area contributed by atoms with Crippen molar-refractivity contribution in [2.45, 2.75) is 30.9 Å². The van der Waals surface area contributed by atoms with Gasteiger partial charge in [-0.3, -0.25) is 9.69 Å². The minimum Gasteiger partial charge on any atom is -0.396 e. The Morgan fingerprint density at radius 1 is 1.50 bits per heavy atom. The van der Waals surface area contributed by atoms with Crippen molar-refractivity contribution in [3.05, 3.63) is 46.4 Å². The van der Waals surface area contributed by atoms with E-state index < -0.39 is 16.6 Å². The zero-order valence-corrected chi connectivity index (χ0v) is 13.4. The number of nitrogens with zero attached hydrogens (tertiary/aromatic N) is 1. The molecule has 1 aromatic heterocycles. The fraction of sp³-hybridized carbons (Fsp3) is 0.588. The topological polar surface area (TPSA) is 76.6 Å². The maximum Gasteiger partial charge on any atom is 0.248 e. The number of pyridine rings is 1. The molecule has 0 saturated heterocycles. The third-order valence-electron chi connectivity index (χ3n) is 6.07. The summed E-state index contributed by atoms with van der Waals surface area (Å²) in [7, 11) is 3.94. The first-order chi connectivity index (χ1) is 10.2. The molecular weight excluding hydrogens is 280 g/mol. The van der Waals surface area contributed by atoms with Crippen molar-refractivity contribution in [2.75, 3.05) is 20.7 Å². The number of aromatic amines is 1. The highest BCUT2D eigenvalue weighted by molar-refractivity contribution is 5.43. The van der Waals surface area contributed by atoms with E-state index >= 15 is 0 Å². The minimum absolute atomic E-state index is 0.103. The van der Waals surface area contributed by atoms with E-state index in [1.165, 1.54) is 6.07 Å². The molecule has 1 heterocycles. The first kappa shape index (κ1) is 15.5. The van der Waals surface area contributed by atoms with E-state index in [1.807, 2.05) is 26.2 Å². The van der Waals surface area contributed by atoms with Crippen molar-refractivity contribution < 1.29 is 10.2 Å². The van der Waals surface area contributed by atoms with Crippen molar-refractivity contribution in [1.29, 1.82) is 0 Å². The molecule has 5 heteroatoms. The molecule has 4 atom stereocenters. The SMILES string of the molecule is C=C[C@@H]1[C@]2(CO)Cc3[nH]c(=O)ccc3[C@@]1(N(C)C)C[C@@]2(C)O. The summed E-state index contributed by atoms with van der Waals surface area (Å²) in [4.78, 5) is 16.7. The largest absolute Gasteiger partial charge is 0.396 e. The summed E-state index contributed by atoms with van der Waals surface area (Å²) in [6.07, 6.45) is 2.78. The zero-order valence-electron chi connectivity index (χ0n) is 13.4. The predicted octanol–water partition coefficient (Wildman–Crippen LogP) is 0.624. The number of aromatic nitrogens is 1. The van der Waals surface area contributed by atoms with Crippen LogP contribution in [0.2, 0.25) is 0 Å². The number of aliphatic hydroxyl groups is 2. The maximum atomic E-state index is 11.7. The van der Waals surface area contributed by atoms with Crippen LogP contribution < -0.4 is 5.56 Å². The van der Waals surface area contributed by atoms with Gasteiger partial charge in [0.1, 0.15) is 0 Å². The molecule has 22 heavy (non-hydrogen) atoms. The fourth-order valence-electron chi connectivity index (χ4n) is 4.97. The van der Waals surface area contributed by atoms with Gasteiger partial charge in [0.25, 0.3) is 0 Å². The van der Waals surface area contributed by atoms with E-state index in [4.69, 9.17) is 0 Å². The molecule has 0 unspecified atom stereocenters. The second-order valence-corrected chi connectivity index (χ2v) is 7.19. The van der Waals surface area contributed by atoms with Crippen molar-refractivity contribution in [3.8, 4) is 0 Å². The molecule has 2 aliphatic carbocycles. The average molecular weight is 304 g/mol. The van der Waals surface area contributed by atoms with E-state index in [1.54, 1.807) is 6.92 Å². The van der Waals surface area contributed by atoms with E-state index in [-0.39, 0.29) is 18.1 Å².